The van der Waals surface area contributed by atoms with Gasteiger partial charge in [0.25, 0.3) is 0 Å². The van der Waals surface area contributed by atoms with E-state index in [0.717, 1.165) is 31.0 Å². The van der Waals surface area contributed by atoms with Crippen molar-refractivity contribution in [3.8, 4) is 28.6 Å². The molecule has 0 saturated carbocycles. The van der Waals surface area contributed by atoms with E-state index in [9.17, 15) is 15.0 Å². The second kappa shape index (κ2) is 14.2. The van der Waals surface area contributed by atoms with Gasteiger partial charge in [-0.1, -0.05) is 78.9 Å². The zero-order chi connectivity index (χ0) is 30.5. The first-order valence-electron chi connectivity index (χ1n) is 14.7. The van der Waals surface area contributed by atoms with Crippen molar-refractivity contribution < 1.29 is 36.3 Å². The molecule has 0 amide bonds. The number of aromatic hydroxyl groups is 2. The van der Waals surface area contributed by atoms with E-state index < -0.39 is 18.4 Å². The smallest absolute Gasteiger partial charge is 0.235 e. The lowest BCUT2D eigenvalue weighted by Crippen LogP contribution is -3.00. The van der Waals surface area contributed by atoms with Gasteiger partial charge in [-0.15, -0.1) is 0 Å². The highest BCUT2D eigenvalue weighted by atomic mass is 79.9. The van der Waals surface area contributed by atoms with E-state index in [1.165, 1.54) is 35.2 Å². The molecule has 228 valence electrons. The van der Waals surface area contributed by atoms with Crippen molar-refractivity contribution in [3.05, 3.63) is 143 Å². The number of phenolic OH excluding ortho intramolecular Hbond substituents is 1. The molecule has 2 N–H and O–H groups in total. The van der Waals surface area contributed by atoms with Crippen molar-refractivity contribution in [3.63, 3.8) is 0 Å². The van der Waals surface area contributed by atoms with Gasteiger partial charge in [0.15, 0.2) is 17.1 Å². The van der Waals surface area contributed by atoms with Gasteiger partial charge in [-0.3, -0.25) is 4.79 Å². The van der Waals surface area contributed by atoms with Crippen LogP contribution in [0.15, 0.2) is 137 Å². The molecule has 45 heavy (non-hydrogen) atoms. The van der Waals surface area contributed by atoms with Crippen LogP contribution in [0, 0.1) is 0 Å². The Kier molecular flexibility index (Phi) is 10.1. The summed E-state index contributed by atoms with van der Waals surface area (Å²) in [7, 11) is -0.471. The second-order valence-corrected chi connectivity index (χ2v) is 14.4. The molecule has 0 aliphatic carbocycles. The number of unbranched alkanes of at least 4 members (excludes halogenated alkanes) is 1. The monoisotopic (exact) mass is 680 g/mol. The van der Waals surface area contributed by atoms with Gasteiger partial charge in [0.2, 0.25) is 16.9 Å². The Hall–Kier alpha value is -4.38. The minimum Gasteiger partial charge on any atom is -1.00 e. The summed E-state index contributed by atoms with van der Waals surface area (Å²) in [6.07, 6.45) is 4.03. The molecule has 0 aliphatic rings. The average Bonchev–Trinajstić information content (AvgIpc) is 3.08. The first kappa shape index (κ1) is 32.0. The Morgan fingerprint density at radius 2 is 1.22 bits per heavy atom. The van der Waals surface area contributed by atoms with Crippen molar-refractivity contribution in [2.45, 2.75) is 19.3 Å². The predicted molar refractivity (Wildman–Crippen MR) is 181 cm³/mol. The van der Waals surface area contributed by atoms with Crippen molar-refractivity contribution in [1.29, 1.82) is 0 Å². The van der Waals surface area contributed by atoms with Crippen LogP contribution in [-0.2, 0) is 6.42 Å². The van der Waals surface area contributed by atoms with E-state index in [2.05, 4.69) is 91.0 Å². The van der Waals surface area contributed by atoms with Crippen LogP contribution in [0.5, 0.6) is 17.2 Å². The third-order valence-corrected chi connectivity index (χ3v) is 12.7. The fraction of sp³-hybridized carbons (Fsp3) is 0.132. The zero-order valence-corrected chi connectivity index (χ0v) is 27.4. The molecule has 1 heterocycles. The van der Waals surface area contributed by atoms with Crippen LogP contribution >= 0.6 is 7.26 Å². The summed E-state index contributed by atoms with van der Waals surface area (Å²) in [4.78, 5) is 12.9. The van der Waals surface area contributed by atoms with E-state index in [4.69, 9.17) is 9.15 Å². The van der Waals surface area contributed by atoms with E-state index in [0.29, 0.717) is 5.56 Å². The molecule has 0 atom stereocenters. The number of hydrogen-bond donors (Lipinski definition) is 2. The Balaban J connectivity index is 0.00000400. The standard InChI is InChI=1S/C38H33O5P.BrH/c1-42-38-33(39)25-24-32-34(40)35(41)36(43-37(32)38)28-22-20-27(21-23-28)13-11-12-26-44(29-14-5-2-6-15-29,30-16-7-3-8-17-30)31-18-9-4-10-19-31;/h2-10,14-25H,11-13,26H2,1H3,(H-,39,40,41);1H. The zero-order valence-electron chi connectivity index (χ0n) is 24.9. The highest BCUT2D eigenvalue weighted by Gasteiger charge is 2.44. The molecule has 6 aromatic rings. The third-order valence-electron chi connectivity index (χ3n) is 8.19. The Morgan fingerprint density at radius 1 is 0.689 bits per heavy atom. The number of rotatable bonds is 10. The topological polar surface area (TPSA) is 79.9 Å². The Morgan fingerprint density at radius 3 is 1.73 bits per heavy atom. The van der Waals surface area contributed by atoms with Crippen molar-refractivity contribution in [2.24, 2.45) is 0 Å². The molecule has 5 aromatic carbocycles. The van der Waals surface area contributed by atoms with Crippen LogP contribution in [0.2, 0.25) is 0 Å². The fourth-order valence-electron chi connectivity index (χ4n) is 5.99. The molecule has 7 heteroatoms. The molecule has 6 rings (SSSR count). The minimum atomic E-state index is -1.86. The van der Waals surface area contributed by atoms with Gasteiger partial charge in [0.05, 0.1) is 18.7 Å². The Bertz CT molecular complexity index is 1830. The van der Waals surface area contributed by atoms with Crippen LogP contribution in [-0.4, -0.2) is 23.5 Å². The summed E-state index contributed by atoms with van der Waals surface area (Å²) in [6, 6.07) is 43.3. The molecule has 0 spiro atoms. The van der Waals surface area contributed by atoms with E-state index in [1.807, 2.05) is 24.3 Å². The van der Waals surface area contributed by atoms with Crippen molar-refractivity contribution in [1.82, 2.24) is 0 Å². The summed E-state index contributed by atoms with van der Waals surface area (Å²) in [6.45, 7) is 0. The second-order valence-electron chi connectivity index (χ2n) is 10.8. The van der Waals surface area contributed by atoms with E-state index >= 15 is 0 Å². The van der Waals surface area contributed by atoms with Crippen LogP contribution in [0.25, 0.3) is 22.3 Å². The molecule has 0 unspecified atom stereocenters. The number of fused-ring (bicyclic) bond motifs is 1. The van der Waals surface area contributed by atoms with Crippen molar-refractivity contribution in [2.75, 3.05) is 13.3 Å². The van der Waals surface area contributed by atoms with E-state index in [1.54, 1.807) is 0 Å². The Labute approximate surface area is 273 Å². The molecule has 0 fully saturated rings. The highest BCUT2D eigenvalue weighted by Crippen LogP contribution is 2.56. The number of hydrogen-bond acceptors (Lipinski definition) is 5. The summed E-state index contributed by atoms with van der Waals surface area (Å²) < 4.78 is 11.2. The highest BCUT2D eigenvalue weighted by molar-refractivity contribution is 7.95. The van der Waals surface area contributed by atoms with Gasteiger partial charge in [-0.2, -0.15) is 0 Å². The minimum absolute atomic E-state index is 0. The van der Waals surface area contributed by atoms with Crippen LogP contribution in [0.4, 0.5) is 0 Å². The number of halogens is 1. The summed E-state index contributed by atoms with van der Waals surface area (Å²) in [5, 5.41) is 25.2. The van der Waals surface area contributed by atoms with Gasteiger partial charge in [-0.25, -0.2) is 0 Å². The van der Waals surface area contributed by atoms with Gasteiger partial charge >= 0.3 is 0 Å². The molecular formula is C38H34BrO5P. The van der Waals surface area contributed by atoms with Crippen LogP contribution in [0.3, 0.4) is 0 Å². The predicted octanol–water partition coefficient (Wildman–Crippen LogP) is 4.20. The van der Waals surface area contributed by atoms with Gasteiger partial charge < -0.3 is 36.3 Å². The molecule has 0 saturated heterocycles. The van der Waals surface area contributed by atoms with Crippen LogP contribution in [0.1, 0.15) is 18.4 Å². The quantitative estimate of drug-likeness (QED) is 0.168. The molecule has 0 radical (unpaired) electrons. The van der Waals surface area contributed by atoms with Gasteiger partial charge in [0.1, 0.15) is 23.2 Å². The van der Waals surface area contributed by atoms with Crippen molar-refractivity contribution >= 4 is 34.1 Å². The molecule has 5 nitrogen and oxygen atoms in total. The normalized spacial score (nSPS) is 11.2. The number of methoxy groups -OCH3 is 1. The maximum absolute atomic E-state index is 12.9. The number of aryl methyl sites for hydroxylation is 1. The molecule has 0 aliphatic heterocycles. The lowest BCUT2D eigenvalue weighted by Gasteiger charge is -2.27. The summed E-state index contributed by atoms with van der Waals surface area (Å²) in [5.41, 5.74) is 1.25. The average molecular weight is 682 g/mol. The van der Waals surface area contributed by atoms with Gasteiger partial charge in [0, 0.05) is 5.56 Å². The first-order chi connectivity index (χ1) is 21.5. The maximum Gasteiger partial charge on any atom is 0.235 e. The molecule has 1 aromatic heterocycles. The summed E-state index contributed by atoms with van der Waals surface area (Å²) in [5.74, 6) is -0.520. The lowest BCUT2D eigenvalue weighted by atomic mass is 10.0. The first-order valence-corrected chi connectivity index (χ1v) is 16.7. The maximum atomic E-state index is 12.9. The SMILES string of the molecule is COc1c(O)ccc2c(=O)c(O)c(-c3ccc(CCCC[P+](c4ccccc4)(c4ccccc4)c4ccccc4)cc3)oc12.[Br-]. The third kappa shape index (κ3) is 6.26. The number of benzene rings is 5. The fourth-order valence-corrected chi connectivity index (χ4v) is 10.4. The lowest BCUT2D eigenvalue weighted by molar-refractivity contribution is -0.0000111. The molecular weight excluding hydrogens is 647 g/mol. The summed E-state index contributed by atoms with van der Waals surface area (Å²) >= 11 is 0. The van der Waals surface area contributed by atoms with Crippen LogP contribution < -0.4 is 43.1 Å². The van der Waals surface area contributed by atoms with Gasteiger partial charge in [-0.05, 0) is 73.4 Å². The number of phenols is 1. The van der Waals surface area contributed by atoms with E-state index in [-0.39, 0.29) is 45.2 Å². The largest absolute Gasteiger partial charge is 1.00 e. The molecule has 0 bridgehead atoms. The number of ether oxygens (including phenoxy) is 1.